The number of nitrogens with two attached hydrogens (primary N) is 1. The van der Waals surface area contributed by atoms with Gasteiger partial charge < -0.3 is 20.9 Å². The Morgan fingerprint density at radius 3 is 2.62 bits per heavy atom. The number of carbonyl (C=O) groups excluding carboxylic acids is 1. The molecule has 0 heterocycles. The number of carboxylic acids is 1. The van der Waals surface area contributed by atoms with Gasteiger partial charge in [0.05, 0.1) is 11.3 Å². The lowest BCUT2D eigenvalue weighted by molar-refractivity contribution is -0.124. The summed E-state index contributed by atoms with van der Waals surface area (Å²) in [7, 11) is 0. The van der Waals surface area contributed by atoms with E-state index < -0.39 is 5.97 Å². The maximum atomic E-state index is 11.8. The molecule has 1 fully saturated rings. The number of hydrogen-bond acceptors (Lipinski definition) is 4. The predicted octanol–water partition coefficient (Wildman–Crippen LogP) is 1.79. The average molecular weight is 292 g/mol. The molecule has 0 bridgehead atoms. The Balaban J connectivity index is 1.84. The number of benzene rings is 1. The molecule has 4 N–H and O–H groups in total. The van der Waals surface area contributed by atoms with Crippen LogP contribution in [0.1, 0.15) is 42.5 Å². The molecule has 0 aromatic heterocycles. The highest BCUT2D eigenvalue weighted by molar-refractivity contribution is 5.89. The van der Waals surface area contributed by atoms with Crippen molar-refractivity contribution in [3.63, 3.8) is 0 Å². The van der Waals surface area contributed by atoms with Crippen LogP contribution in [0.3, 0.4) is 0 Å². The fourth-order valence-electron chi connectivity index (χ4n) is 2.47. The van der Waals surface area contributed by atoms with Crippen LogP contribution >= 0.6 is 0 Å². The normalized spacial score (nSPS) is 15.4. The summed E-state index contributed by atoms with van der Waals surface area (Å²) in [5.74, 6) is -0.911. The molecule has 114 valence electrons. The highest BCUT2D eigenvalue weighted by Crippen LogP contribution is 2.22. The van der Waals surface area contributed by atoms with Gasteiger partial charge in [0, 0.05) is 6.04 Å². The Hall–Kier alpha value is -2.24. The minimum absolute atomic E-state index is 0.0894. The second-order valence-corrected chi connectivity index (χ2v) is 5.25. The van der Waals surface area contributed by atoms with Crippen molar-refractivity contribution in [3.8, 4) is 5.75 Å². The number of aromatic carboxylic acids is 1. The molecule has 6 heteroatoms. The first-order valence-electron chi connectivity index (χ1n) is 7.11. The van der Waals surface area contributed by atoms with Gasteiger partial charge in [-0.1, -0.05) is 19.3 Å². The quantitative estimate of drug-likeness (QED) is 0.718. The summed E-state index contributed by atoms with van der Waals surface area (Å²) in [4.78, 5) is 22.6. The van der Waals surface area contributed by atoms with Crippen molar-refractivity contribution in [2.75, 3.05) is 12.3 Å². The van der Waals surface area contributed by atoms with Crippen LogP contribution in [-0.2, 0) is 4.79 Å². The number of nitrogens with one attached hydrogen (secondary N) is 1. The molecule has 1 amide bonds. The van der Waals surface area contributed by atoms with Crippen molar-refractivity contribution >= 4 is 17.6 Å². The molecule has 1 aromatic carbocycles. The smallest absolute Gasteiger partial charge is 0.335 e. The third-order valence-electron chi connectivity index (χ3n) is 3.59. The molecule has 2 rings (SSSR count). The van der Waals surface area contributed by atoms with Crippen LogP contribution in [0.4, 0.5) is 5.69 Å². The first-order chi connectivity index (χ1) is 10.1. The largest absolute Gasteiger partial charge is 0.482 e. The van der Waals surface area contributed by atoms with Crippen LogP contribution in [0.5, 0.6) is 5.75 Å². The standard InChI is InChI=1S/C15H20N2O4/c16-12-8-10(15(19)20)6-7-13(12)21-9-14(18)17-11-4-2-1-3-5-11/h6-8,11H,1-5,9,16H2,(H,17,18)(H,19,20). The molecule has 1 aromatic rings. The van der Waals surface area contributed by atoms with Gasteiger partial charge in [-0.2, -0.15) is 0 Å². The Labute approximate surface area is 123 Å². The van der Waals surface area contributed by atoms with Gasteiger partial charge in [0.1, 0.15) is 5.75 Å². The van der Waals surface area contributed by atoms with Gasteiger partial charge in [0.2, 0.25) is 0 Å². The molecule has 0 radical (unpaired) electrons. The highest BCUT2D eigenvalue weighted by Gasteiger charge is 2.16. The maximum absolute atomic E-state index is 11.8. The van der Waals surface area contributed by atoms with E-state index in [2.05, 4.69) is 5.32 Å². The summed E-state index contributed by atoms with van der Waals surface area (Å²) in [5.41, 5.74) is 6.01. The summed E-state index contributed by atoms with van der Waals surface area (Å²) in [6, 6.07) is 4.41. The molecule has 21 heavy (non-hydrogen) atoms. The SMILES string of the molecule is Nc1cc(C(=O)O)ccc1OCC(=O)NC1CCCCC1. The molecule has 0 saturated heterocycles. The molecule has 0 atom stereocenters. The summed E-state index contributed by atoms with van der Waals surface area (Å²) < 4.78 is 5.34. The van der Waals surface area contributed by atoms with E-state index in [0.29, 0.717) is 5.75 Å². The van der Waals surface area contributed by atoms with E-state index in [0.717, 1.165) is 25.7 Å². The summed E-state index contributed by atoms with van der Waals surface area (Å²) in [6.45, 7) is -0.118. The Kier molecular flexibility index (Phi) is 5.03. The first kappa shape index (κ1) is 15.2. The van der Waals surface area contributed by atoms with E-state index in [1.54, 1.807) is 0 Å². The van der Waals surface area contributed by atoms with Crippen molar-refractivity contribution < 1.29 is 19.4 Å². The van der Waals surface area contributed by atoms with Crippen LogP contribution in [0, 0.1) is 0 Å². The van der Waals surface area contributed by atoms with Crippen molar-refractivity contribution in [1.82, 2.24) is 5.32 Å². The highest BCUT2D eigenvalue weighted by atomic mass is 16.5. The van der Waals surface area contributed by atoms with Gasteiger partial charge in [0.15, 0.2) is 6.61 Å². The van der Waals surface area contributed by atoms with Crippen LogP contribution in [0.25, 0.3) is 0 Å². The zero-order chi connectivity index (χ0) is 15.2. The van der Waals surface area contributed by atoms with E-state index in [4.69, 9.17) is 15.6 Å². The lowest BCUT2D eigenvalue weighted by atomic mass is 9.95. The minimum Gasteiger partial charge on any atom is -0.482 e. The second kappa shape index (κ2) is 6.97. The van der Waals surface area contributed by atoms with Crippen LogP contribution in [-0.4, -0.2) is 29.6 Å². The molecule has 1 aliphatic rings. The van der Waals surface area contributed by atoms with Gasteiger partial charge in [-0.15, -0.1) is 0 Å². The van der Waals surface area contributed by atoms with Crippen molar-refractivity contribution in [2.45, 2.75) is 38.1 Å². The number of ether oxygens (including phenoxy) is 1. The average Bonchev–Trinajstić information content (AvgIpc) is 2.47. The molecule has 0 spiro atoms. The molecule has 0 aliphatic heterocycles. The van der Waals surface area contributed by atoms with Gasteiger partial charge >= 0.3 is 5.97 Å². The van der Waals surface area contributed by atoms with E-state index in [9.17, 15) is 9.59 Å². The number of nitrogen functional groups attached to an aromatic ring is 1. The zero-order valence-electron chi connectivity index (χ0n) is 11.8. The van der Waals surface area contributed by atoms with Gasteiger partial charge in [-0.3, -0.25) is 4.79 Å². The van der Waals surface area contributed by atoms with Crippen molar-refractivity contribution in [3.05, 3.63) is 23.8 Å². The maximum Gasteiger partial charge on any atom is 0.335 e. The minimum atomic E-state index is -1.05. The number of hydrogen-bond donors (Lipinski definition) is 3. The Morgan fingerprint density at radius 2 is 2.00 bits per heavy atom. The van der Waals surface area contributed by atoms with Gasteiger partial charge in [-0.05, 0) is 31.0 Å². The topological polar surface area (TPSA) is 102 Å². The van der Waals surface area contributed by atoms with Crippen LogP contribution < -0.4 is 15.8 Å². The summed E-state index contributed by atoms with van der Waals surface area (Å²) in [5, 5.41) is 11.8. The van der Waals surface area contributed by atoms with Crippen molar-refractivity contribution in [2.24, 2.45) is 0 Å². The van der Waals surface area contributed by atoms with E-state index in [1.807, 2.05) is 0 Å². The number of carbonyl (C=O) groups is 2. The Morgan fingerprint density at radius 1 is 1.29 bits per heavy atom. The fourth-order valence-corrected chi connectivity index (χ4v) is 2.47. The number of rotatable bonds is 5. The molecule has 1 saturated carbocycles. The van der Waals surface area contributed by atoms with E-state index in [-0.39, 0.29) is 29.8 Å². The third kappa shape index (κ3) is 4.37. The van der Waals surface area contributed by atoms with Gasteiger partial charge in [-0.25, -0.2) is 4.79 Å². The van der Waals surface area contributed by atoms with Crippen LogP contribution in [0.15, 0.2) is 18.2 Å². The molecule has 0 unspecified atom stereocenters. The fraction of sp³-hybridized carbons (Fsp3) is 0.467. The monoisotopic (exact) mass is 292 g/mol. The van der Waals surface area contributed by atoms with E-state index in [1.165, 1.54) is 24.6 Å². The summed E-state index contributed by atoms with van der Waals surface area (Å²) >= 11 is 0. The first-order valence-corrected chi connectivity index (χ1v) is 7.11. The lowest BCUT2D eigenvalue weighted by Crippen LogP contribution is -2.39. The lowest BCUT2D eigenvalue weighted by Gasteiger charge is -2.22. The molecular formula is C15H20N2O4. The second-order valence-electron chi connectivity index (χ2n) is 5.25. The molecular weight excluding hydrogens is 272 g/mol. The third-order valence-corrected chi connectivity index (χ3v) is 3.59. The Bertz CT molecular complexity index is 524. The molecule has 1 aliphatic carbocycles. The summed E-state index contributed by atoms with van der Waals surface area (Å²) in [6.07, 6.45) is 5.56. The number of amides is 1. The number of carboxylic acid groups (broad SMARTS) is 1. The number of anilines is 1. The van der Waals surface area contributed by atoms with E-state index >= 15 is 0 Å². The van der Waals surface area contributed by atoms with Crippen molar-refractivity contribution in [1.29, 1.82) is 0 Å². The van der Waals surface area contributed by atoms with Gasteiger partial charge in [0.25, 0.3) is 5.91 Å². The zero-order valence-corrected chi connectivity index (χ0v) is 11.8. The molecule has 6 nitrogen and oxygen atoms in total. The van der Waals surface area contributed by atoms with Crippen LogP contribution in [0.2, 0.25) is 0 Å². The predicted molar refractivity (Wildman–Crippen MR) is 78.3 cm³/mol.